The molecule has 1 atom stereocenters. The first-order chi connectivity index (χ1) is 8.61. The topological polar surface area (TPSA) is 12.0 Å². The molecule has 1 aromatic rings. The predicted molar refractivity (Wildman–Crippen MR) is 80.0 cm³/mol. The summed E-state index contributed by atoms with van der Waals surface area (Å²) >= 11 is 9.74. The highest BCUT2D eigenvalue weighted by molar-refractivity contribution is 9.10. The van der Waals surface area contributed by atoms with E-state index in [1.165, 1.54) is 31.2 Å². The first kappa shape index (κ1) is 13.0. The van der Waals surface area contributed by atoms with E-state index in [2.05, 4.69) is 40.3 Å². The third kappa shape index (κ3) is 2.61. The van der Waals surface area contributed by atoms with Gasteiger partial charge in [0, 0.05) is 22.1 Å². The van der Waals surface area contributed by atoms with E-state index in [1.807, 2.05) is 6.07 Å². The highest BCUT2D eigenvalue weighted by atomic mass is 79.9. The van der Waals surface area contributed by atoms with Crippen molar-refractivity contribution in [2.75, 3.05) is 6.54 Å². The van der Waals surface area contributed by atoms with Gasteiger partial charge in [0.2, 0.25) is 0 Å². The van der Waals surface area contributed by atoms with Gasteiger partial charge in [-0.2, -0.15) is 0 Å². The molecular formula is C15H19BrClN. The Morgan fingerprint density at radius 2 is 2.17 bits per heavy atom. The van der Waals surface area contributed by atoms with E-state index in [9.17, 15) is 0 Å². The van der Waals surface area contributed by atoms with Crippen LogP contribution in [0.15, 0.2) is 22.7 Å². The first-order valence-corrected chi connectivity index (χ1v) is 7.96. The number of benzene rings is 1. The maximum atomic E-state index is 6.29. The number of halogens is 2. The molecule has 0 aliphatic heterocycles. The number of nitrogens with one attached hydrogen (secondary N) is 1. The molecule has 18 heavy (non-hydrogen) atoms. The van der Waals surface area contributed by atoms with Crippen LogP contribution in [0.5, 0.6) is 0 Å². The van der Waals surface area contributed by atoms with Gasteiger partial charge in [-0.3, -0.25) is 0 Å². The predicted octanol–water partition coefficient (Wildman–Crippen LogP) is 4.94. The van der Waals surface area contributed by atoms with E-state index in [1.54, 1.807) is 0 Å². The Balaban J connectivity index is 1.62. The lowest BCUT2D eigenvalue weighted by atomic mass is 9.99. The van der Waals surface area contributed by atoms with Crippen LogP contribution < -0.4 is 5.32 Å². The van der Waals surface area contributed by atoms with Crippen molar-refractivity contribution in [1.29, 1.82) is 0 Å². The van der Waals surface area contributed by atoms with E-state index in [4.69, 9.17) is 11.6 Å². The normalized spacial score (nSPS) is 22.8. The molecule has 0 aromatic heterocycles. The number of hydrogen-bond donors (Lipinski definition) is 1. The van der Waals surface area contributed by atoms with E-state index < -0.39 is 0 Å². The van der Waals surface area contributed by atoms with Crippen molar-refractivity contribution < 1.29 is 0 Å². The maximum absolute atomic E-state index is 6.29. The lowest BCUT2D eigenvalue weighted by Crippen LogP contribution is -2.28. The molecule has 98 valence electrons. The van der Waals surface area contributed by atoms with Crippen molar-refractivity contribution in [1.82, 2.24) is 5.32 Å². The molecule has 2 aliphatic carbocycles. The molecule has 1 aromatic carbocycles. The van der Waals surface area contributed by atoms with Gasteiger partial charge in [0.15, 0.2) is 0 Å². The average molecular weight is 329 g/mol. The zero-order valence-corrected chi connectivity index (χ0v) is 13.0. The van der Waals surface area contributed by atoms with E-state index >= 15 is 0 Å². The molecular weight excluding hydrogens is 310 g/mol. The van der Waals surface area contributed by atoms with E-state index in [0.29, 0.717) is 11.5 Å². The summed E-state index contributed by atoms with van der Waals surface area (Å²) in [5.41, 5.74) is 1.85. The van der Waals surface area contributed by atoms with Crippen LogP contribution >= 0.6 is 27.5 Å². The highest BCUT2D eigenvalue weighted by Gasteiger charge is 2.53. The van der Waals surface area contributed by atoms with Gasteiger partial charge in [-0.1, -0.05) is 33.6 Å². The smallest absolute Gasteiger partial charge is 0.0464 e. The largest absolute Gasteiger partial charge is 0.310 e. The summed E-state index contributed by atoms with van der Waals surface area (Å²) in [6, 6.07) is 6.48. The molecule has 3 rings (SSSR count). The van der Waals surface area contributed by atoms with Crippen molar-refractivity contribution in [3.63, 3.8) is 0 Å². The third-order valence-corrected chi connectivity index (χ3v) is 5.35. The fourth-order valence-corrected chi connectivity index (χ4v) is 3.74. The zero-order valence-electron chi connectivity index (χ0n) is 10.7. The molecule has 0 heterocycles. The third-order valence-electron chi connectivity index (χ3n) is 4.52. The SMILES string of the molecule is CC(NCC1(C2CC2)CC1)c1ccc(Br)cc1Cl. The second kappa shape index (κ2) is 4.81. The van der Waals surface area contributed by atoms with Crippen LogP contribution in [0.1, 0.15) is 44.2 Å². The Labute approximate surface area is 122 Å². The Morgan fingerprint density at radius 3 is 2.72 bits per heavy atom. The van der Waals surface area contributed by atoms with E-state index in [0.717, 1.165) is 22.0 Å². The molecule has 2 aliphatic rings. The van der Waals surface area contributed by atoms with Gasteiger partial charge in [0.1, 0.15) is 0 Å². The lowest BCUT2D eigenvalue weighted by molar-refractivity contribution is 0.382. The van der Waals surface area contributed by atoms with E-state index in [-0.39, 0.29) is 0 Å². The van der Waals surface area contributed by atoms with Gasteiger partial charge in [0.05, 0.1) is 0 Å². The number of hydrogen-bond acceptors (Lipinski definition) is 1. The molecule has 3 heteroatoms. The molecule has 0 spiro atoms. The lowest BCUT2D eigenvalue weighted by Gasteiger charge is -2.21. The molecule has 1 unspecified atom stereocenters. The van der Waals surface area contributed by atoms with Crippen LogP contribution in [-0.2, 0) is 0 Å². The summed E-state index contributed by atoms with van der Waals surface area (Å²) < 4.78 is 1.04. The van der Waals surface area contributed by atoms with Crippen LogP contribution in [0.4, 0.5) is 0 Å². The van der Waals surface area contributed by atoms with Crippen molar-refractivity contribution in [2.24, 2.45) is 11.3 Å². The molecule has 1 nitrogen and oxygen atoms in total. The average Bonchev–Trinajstić information content (AvgIpc) is 3.17. The molecule has 0 bridgehead atoms. The minimum absolute atomic E-state index is 0.335. The van der Waals surface area contributed by atoms with Crippen molar-refractivity contribution in [3.8, 4) is 0 Å². The Kier molecular flexibility index (Phi) is 3.46. The monoisotopic (exact) mass is 327 g/mol. The second-order valence-electron chi connectivity index (χ2n) is 5.91. The molecule has 2 fully saturated rings. The zero-order chi connectivity index (χ0) is 12.8. The van der Waals surface area contributed by atoms with Crippen LogP contribution in [0.3, 0.4) is 0 Å². The Bertz CT molecular complexity index is 452. The van der Waals surface area contributed by atoms with Gasteiger partial charge in [-0.15, -0.1) is 0 Å². The van der Waals surface area contributed by atoms with Crippen LogP contribution in [0.2, 0.25) is 5.02 Å². The van der Waals surface area contributed by atoms with Crippen LogP contribution in [0, 0.1) is 11.3 Å². The van der Waals surface area contributed by atoms with Gasteiger partial charge in [0.25, 0.3) is 0 Å². The highest BCUT2D eigenvalue weighted by Crippen LogP contribution is 2.61. The summed E-state index contributed by atoms with van der Waals surface area (Å²) in [5.74, 6) is 1.01. The Hall–Kier alpha value is -0.0500. The standard InChI is InChI=1S/C15H19BrClN/c1-10(13-5-4-12(16)8-14(13)17)18-9-15(6-7-15)11-2-3-11/h4-5,8,10-11,18H,2-3,6-7,9H2,1H3. The summed E-state index contributed by atoms with van der Waals surface area (Å²) in [6.07, 6.45) is 5.75. The molecule has 0 saturated heterocycles. The van der Waals surface area contributed by atoms with Crippen molar-refractivity contribution in [2.45, 2.75) is 38.6 Å². The summed E-state index contributed by atoms with van der Waals surface area (Å²) in [6.45, 7) is 3.36. The first-order valence-electron chi connectivity index (χ1n) is 6.79. The minimum atomic E-state index is 0.335. The molecule has 2 saturated carbocycles. The summed E-state index contributed by atoms with van der Waals surface area (Å²) in [5, 5.41) is 4.53. The molecule has 1 N–H and O–H groups in total. The van der Waals surface area contributed by atoms with Gasteiger partial charge in [-0.25, -0.2) is 0 Å². The van der Waals surface area contributed by atoms with Crippen LogP contribution in [-0.4, -0.2) is 6.54 Å². The van der Waals surface area contributed by atoms with Gasteiger partial charge in [-0.05, 0) is 61.6 Å². The van der Waals surface area contributed by atoms with Gasteiger partial charge >= 0.3 is 0 Å². The fraction of sp³-hybridized carbons (Fsp3) is 0.600. The van der Waals surface area contributed by atoms with Gasteiger partial charge < -0.3 is 5.32 Å². The summed E-state index contributed by atoms with van der Waals surface area (Å²) in [7, 11) is 0. The minimum Gasteiger partial charge on any atom is -0.310 e. The summed E-state index contributed by atoms with van der Waals surface area (Å²) in [4.78, 5) is 0. The van der Waals surface area contributed by atoms with Crippen molar-refractivity contribution >= 4 is 27.5 Å². The fourth-order valence-electron chi connectivity index (χ4n) is 2.90. The Morgan fingerprint density at radius 1 is 1.44 bits per heavy atom. The second-order valence-corrected chi connectivity index (χ2v) is 7.23. The quantitative estimate of drug-likeness (QED) is 0.807. The molecule has 0 amide bonds. The molecule has 0 radical (unpaired) electrons. The number of rotatable bonds is 5. The van der Waals surface area contributed by atoms with Crippen LogP contribution in [0.25, 0.3) is 0 Å². The van der Waals surface area contributed by atoms with Crippen molar-refractivity contribution in [3.05, 3.63) is 33.3 Å². The maximum Gasteiger partial charge on any atom is 0.0464 e.